The fourth-order valence-electron chi connectivity index (χ4n) is 1.34. The second-order valence-electron chi connectivity index (χ2n) is 2.98. The Kier molecular flexibility index (Phi) is 2.56. The molecule has 5 heteroatoms. The molecule has 0 aliphatic carbocycles. The summed E-state index contributed by atoms with van der Waals surface area (Å²) < 4.78 is 0. The van der Waals surface area contributed by atoms with Gasteiger partial charge in [0, 0.05) is 24.2 Å². The molecule has 4 nitrogen and oxygen atoms in total. The smallest absolute Gasteiger partial charge is 0.237 e. The maximum absolute atomic E-state index is 11.1. The van der Waals surface area contributed by atoms with Crippen LogP contribution in [0.25, 0.3) is 0 Å². The van der Waals surface area contributed by atoms with Crippen LogP contribution in [0, 0.1) is 0 Å². The van der Waals surface area contributed by atoms with Crippen molar-refractivity contribution >= 4 is 17.2 Å². The summed E-state index contributed by atoms with van der Waals surface area (Å²) in [5.41, 5.74) is 1.80. The number of carbonyl (C=O) groups excluding carboxylic acids is 1. The average Bonchev–Trinajstić information content (AvgIpc) is 2.72. The lowest BCUT2D eigenvalue weighted by Gasteiger charge is -2.07. The van der Waals surface area contributed by atoms with E-state index in [0.717, 1.165) is 19.5 Å². The van der Waals surface area contributed by atoms with Gasteiger partial charge in [-0.25, -0.2) is 0 Å². The first kappa shape index (κ1) is 8.65. The molecule has 2 N–H and O–H groups in total. The van der Waals surface area contributed by atoms with Crippen LogP contribution in [0.5, 0.6) is 0 Å². The number of amides is 1. The second kappa shape index (κ2) is 3.85. The lowest BCUT2D eigenvalue weighted by atomic mass is 10.2. The molecule has 0 saturated carbocycles. The van der Waals surface area contributed by atoms with Gasteiger partial charge in [-0.2, -0.15) is 0 Å². The predicted octanol–water partition coefficient (Wildman–Crippen LogP) is 0.121. The molecule has 2 rings (SSSR count). The van der Waals surface area contributed by atoms with Gasteiger partial charge in [-0.1, -0.05) is 0 Å². The molecule has 0 aromatic carbocycles. The quantitative estimate of drug-likeness (QED) is 0.723. The number of hydrogen-bond donors (Lipinski definition) is 2. The van der Waals surface area contributed by atoms with Crippen LogP contribution in [-0.2, 0) is 11.3 Å². The highest BCUT2D eigenvalue weighted by Gasteiger charge is 2.22. The van der Waals surface area contributed by atoms with Crippen LogP contribution in [0.1, 0.15) is 11.3 Å². The van der Waals surface area contributed by atoms with E-state index in [1.807, 2.05) is 6.20 Å². The maximum atomic E-state index is 11.1. The molecule has 70 valence electrons. The predicted molar refractivity (Wildman–Crippen MR) is 50.4 cm³/mol. The minimum atomic E-state index is -0.0119. The van der Waals surface area contributed by atoms with Crippen molar-refractivity contribution in [2.45, 2.75) is 19.0 Å². The Morgan fingerprint density at radius 3 is 3.31 bits per heavy atom. The SMILES string of the molecule is O=C1NCCC1NCc1cncs1. The van der Waals surface area contributed by atoms with Gasteiger partial charge < -0.3 is 10.6 Å². The zero-order valence-corrected chi connectivity index (χ0v) is 7.93. The van der Waals surface area contributed by atoms with E-state index in [4.69, 9.17) is 0 Å². The van der Waals surface area contributed by atoms with Crippen LogP contribution < -0.4 is 10.6 Å². The van der Waals surface area contributed by atoms with Crippen molar-refractivity contribution < 1.29 is 4.79 Å². The highest BCUT2D eigenvalue weighted by molar-refractivity contribution is 7.09. The summed E-state index contributed by atoms with van der Waals surface area (Å²) in [5.74, 6) is 0.115. The summed E-state index contributed by atoms with van der Waals surface area (Å²) in [6.45, 7) is 1.53. The van der Waals surface area contributed by atoms with Crippen LogP contribution in [0.3, 0.4) is 0 Å². The molecule has 1 atom stereocenters. The fraction of sp³-hybridized carbons (Fsp3) is 0.500. The van der Waals surface area contributed by atoms with Crippen LogP contribution in [0.2, 0.25) is 0 Å². The summed E-state index contributed by atoms with van der Waals surface area (Å²) in [4.78, 5) is 16.3. The van der Waals surface area contributed by atoms with Gasteiger partial charge in [-0.05, 0) is 6.42 Å². The van der Waals surface area contributed by atoms with Crippen molar-refractivity contribution in [1.29, 1.82) is 0 Å². The third-order valence-electron chi connectivity index (χ3n) is 2.05. The summed E-state index contributed by atoms with van der Waals surface area (Å²) in [6, 6.07) is -0.0119. The molecule has 1 unspecified atom stereocenters. The van der Waals surface area contributed by atoms with E-state index < -0.39 is 0 Å². The zero-order chi connectivity index (χ0) is 9.10. The number of nitrogens with one attached hydrogen (secondary N) is 2. The van der Waals surface area contributed by atoms with Crippen molar-refractivity contribution in [3.63, 3.8) is 0 Å². The first-order valence-electron chi connectivity index (χ1n) is 4.25. The molecule has 13 heavy (non-hydrogen) atoms. The van der Waals surface area contributed by atoms with Crippen molar-refractivity contribution in [2.24, 2.45) is 0 Å². The summed E-state index contributed by atoms with van der Waals surface area (Å²) >= 11 is 1.60. The van der Waals surface area contributed by atoms with Crippen LogP contribution in [0.4, 0.5) is 0 Å². The monoisotopic (exact) mass is 197 g/mol. The van der Waals surface area contributed by atoms with Crippen molar-refractivity contribution in [2.75, 3.05) is 6.54 Å². The standard InChI is InChI=1S/C8H11N3OS/c12-8-7(1-2-10-8)11-4-6-3-9-5-13-6/h3,5,7,11H,1-2,4H2,(H,10,12). The molecule has 1 aromatic heterocycles. The van der Waals surface area contributed by atoms with E-state index >= 15 is 0 Å². The lowest BCUT2D eigenvalue weighted by Crippen LogP contribution is -2.35. The van der Waals surface area contributed by atoms with Crippen LogP contribution in [-0.4, -0.2) is 23.5 Å². The van der Waals surface area contributed by atoms with Gasteiger partial charge >= 0.3 is 0 Å². The van der Waals surface area contributed by atoms with Gasteiger partial charge in [-0.15, -0.1) is 11.3 Å². The maximum Gasteiger partial charge on any atom is 0.237 e. The Balaban J connectivity index is 1.82. The number of carbonyl (C=O) groups is 1. The molecule has 0 radical (unpaired) electrons. The van der Waals surface area contributed by atoms with Gasteiger partial charge in [0.15, 0.2) is 0 Å². The van der Waals surface area contributed by atoms with Gasteiger partial charge in [0.25, 0.3) is 0 Å². The first-order chi connectivity index (χ1) is 6.36. The molecule has 1 aromatic rings. The van der Waals surface area contributed by atoms with E-state index in [-0.39, 0.29) is 11.9 Å². The van der Waals surface area contributed by atoms with E-state index in [2.05, 4.69) is 15.6 Å². The fourth-order valence-corrected chi connectivity index (χ4v) is 1.89. The van der Waals surface area contributed by atoms with Gasteiger partial charge in [-0.3, -0.25) is 9.78 Å². The molecule has 2 heterocycles. The average molecular weight is 197 g/mol. The molecule has 0 bridgehead atoms. The minimum absolute atomic E-state index is 0.0119. The summed E-state index contributed by atoms with van der Waals surface area (Å²) in [6.07, 6.45) is 2.71. The number of rotatable bonds is 3. The molecule has 1 fully saturated rings. The van der Waals surface area contributed by atoms with Crippen molar-refractivity contribution in [1.82, 2.24) is 15.6 Å². The van der Waals surface area contributed by atoms with Crippen molar-refractivity contribution in [3.8, 4) is 0 Å². The highest BCUT2D eigenvalue weighted by atomic mass is 32.1. The summed E-state index contributed by atoms with van der Waals surface area (Å²) in [7, 11) is 0. The van der Waals surface area contributed by atoms with Crippen LogP contribution >= 0.6 is 11.3 Å². The molecule has 0 spiro atoms. The normalized spacial score (nSPS) is 21.8. The van der Waals surface area contributed by atoms with E-state index in [1.165, 1.54) is 4.88 Å². The molecule has 1 saturated heterocycles. The number of nitrogens with zero attached hydrogens (tertiary/aromatic N) is 1. The Labute approximate surface area is 80.4 Å². The molecule has 1 aliphatic rings. The van der Waals surface area contributed by atoms with E-state index in [9.17, 15) is 4.79 Å². The Bertz CT molecular complexity index is 286. The third-order valence-corrected chi connectivity index (χ3v) is 2.83. The molecule has 1 amide bonds. The van der Waals surface area contributed by atoms with Gasteiger partial charge in [0.1, 0.15) is 0 Å². The lowest BCUT2D eigenvalue weighted by molar-refractivity contribution is -0.120. The highest BCUT2D eigenvalue weighted by Crippen LogP contribution is 2.06. The van der Waals surface area contributed by atoms with Crippen LogP contribution in [0.15, 0.2) is 11.7 Å². The minimum Gasteiger partial charge on any atom is -0.355 e. The largest absolute Gasteiger partial charge is 0.355 e. The second-order valence-corrected chi connectivity index (χ2v) is 3.95. The van der Waals surface area contributed by atoms with E-state index in [1.54, 1.807) is 16.8 Å². The van der Waals surface area contributed by atoms with Gasteiger partial charge in [0.05, 0.1) is 11.6 Å². The number of thiazole rings is 1. The third kappa shape index (κ3) is 2.05. The van der Waals surface area contributed by atoms with E-state index in [0.29, 0.717) is 0 Å². The number of hydrogen-bond acceptors (Lipinski definition) is 4. The Morgan fingerprint density at radius 2 is 2.69 bits per heavy atom. The topological polar surface area (TPSA) is 54.0 Å². The molecular weight excluding hydrogens is 186 g/mol. The first-order valence-corrected chi connectivity index (χ1v) is 5.12. The zero-order valence-electron chi connectivity index (χ0n) is 7.12. The van der Waals surface area contributed by atoms with Crippen molar-refractivity contribution in [3.05, 3.63) is 16.6 Å². The van der Waals surface area contributed by atoms with Gasteiger partial charge in [0.2, 0.25) is 5.91 Å². The molecule has 1 aliphatic heterocycles. The Hall–Kier alpha value is -0.940. The Morgan fingerprint density at radius 1 is 1.77 bits per heavy atom. The molecular formula is C8H11N3OS. The number of aromatic nitrogens is 1. The summed E-state index contributed by atoms with van der Waals surface area (Å²) in [5, 5.41) is 5.98.